The zero-order valence-electron chi connectivity index (χ0n) is 9.47. The van der Waals surface area contributed by atoms with E-state index in [0.717, 1.165) is 6.07 Å². The van der Waals surface area contributed by atoms with E-state index in [1.54, 1.807) is 6.92 Å². The number of carbonyl (C=O) groups is 1. The molecule has 0 bridgehead atoms. The van der Waals surface area contributed by atoms with Crippen LogP contribution in [0, 0.1) is 12.7 Å². The van der Waals surface area contributed by atoms with Gasteiger partial charge < -0.3 is 5.32 Å². The molecular formula is C11H11F4NOS. The highest BCUT2D eigenvalue weighted by Crippen LogP contribution is 2.29. The molecule has 7 heteroatoms. The molecule has 0 heterocycles. The van der Waals surface area contributed by atoms with Crippen molar-refractivity contribution in [1.82, 2.24) is 5.32 Å². The van der Waals surface area contributed by atoms with Crippen molar-refractivity contribution in [2.75, 3.05) is 12.3 Å². The normalized spacial score (nSPS) is 11.4. The molecule has 0 saturated heterocycles. The van der Waals surface area contributed by atoms with Crippen molar-refractivity contribution in [3.8, 4) is 0 Å². The summed E-state index contributed by atoms with van der Waals surface area (Å²) in [6.45, 7) is 1.43. The summed E-state index contributed by atoms with van der Waals surface area (Å²) >= 11 is -0.212. The summed E-state index contributed by atoms with van der Waals surface area (Å²) in [7, 11) is 0. The Labute approximate surface area is 106 Å². The SMILES string of the molecule is Cc1ccc(C(=O)NCCSC(F)(F)F)cc1F. The van der Waals surface area contributed by atoms with Gasteiger partial charge in [-0.3, -0.25) is 4.79 Å². The Balaban J connectivity index is 2.43. The minimum absolute atomic E-state index is 0.0927. The van der Waals surface area contributed by atoms with Gasteiger partial charge in [-0.1, -0.05) is 6.07 Å². The number of halogens is 4. The van der Waals surface area contributed by atoms with E-state index in [9.17, 15) is 22.4 Å². The average Bonchev–Trinajstić information content (AvgIpc) is 2.26. The molecule has 0 aliphatic rings. The van der Waals surface area contributed by atoms with Crippen LogP contribution in [0.5, 0.6) is 0 Å². The number of carbonyl (C=O) groups excluding carboxylic acids is 1. The molecule has 0 spiro atoms. The largest absolute Gasteiger partial charge is 0.441 e. The van der Waals surface area contributed by atoms with Crippen molar-refractivity contribution < 1.29 is 22.4 Å². The Bertz CT molecular complexity index is 434. The quantitative estimate of drug-likeness (QED) is 0.678. The van der Waals surface area contributed by atoms with Gasteiger partial charge in [0.15, 0.2) is 0 Å². The van der Waals surface area contributed by atoms with Crippen molar-refractivity contribution in [3.05, 3.63) is 35.1 Å². The minimum Gasteiger partial charge on any atom is -0.351 e. The number of hydrogen-bond acceptors (Lipinski definition) is 2. The van der Waals surface area contributed by atoms with Gasteiger partial charge in [0.25, 0.3) is 5.91 Å². The first-order valence-corrected chi connectivity index (χ1v) is 6.03. The molecule has 0 unspecified atom stereocenters. The molecule has 18 heavy (non-hydrogen) atoms. The van der Waals surface area contributed by atoms with E-state index in [2.05, 4.69) is 5.32 Å². The van der Waals surface area contributed by atoms with Gasteiger partial charge in [-0.15, -0.1) is 0 Å². The fourth-order valence-electron chi connectivity index (χ4n) is 1.17. The number of alkyl halides is 3. The third kappa shape index (κ3) is 4.95. The van der Waals surface area contributed by atoms with E-state index in [4.69, 9.17) is 0 Å². The second-order valence-electron chi connectivity index (χ2n) is 3.51. The molecule has 1 amide bonds. The molecule has 1 N–H and O–H groups in total. The predicted molar refractivity (Wildman–Crippen MR) is 62.0 cm³/mol. The molecule has 0 aromatic heterocycles. The highest BCUT2D eigenvalue weighted by molar-refractivity contribution is 8.00. The molecule has 100 valence electrons. The molecule has 0 atom stereocenters. The zero-order chi connectivity index (χ0) is 13.8. The smallest absolute Gasteiger partial charge is 0.351 e. The van der Waals surface area contributed by atoms with Crippen LogP contribution in [-0.2, 0) is 0 Å². The summed E-state index contributed by atoms with van der Waals surface area (Å²) in [5.74, 6) is -1.38. The van der Waals surface area contributed by atoms with Crippen LogP contribution in [0.15, 0.2) is 18.2 Å². The maximum absolute atomic E-state index is 13.2. The van der Waals surface area contributed by atoms with E-state index < -0.39 is 17.2 Å². The Morgan fingerprint density at radius 3 is 2.61 bits per heavy atom. The Hall–Kier alpha value is -1.24. The topological polar surface area (TPSA) is 29.1 Å². The summed E-state index contributed by atoms with van der Waals surface area (Å²) < 4.78 is 48.6. The van der Waals surface area contributed by atoms with Crippen LogP contribution < -0.4 is 5.32 Å². The molecule has 1 aromatic rings. The number of aryl methyl sites for hydroxylation is 1. The number of thioether (sulfide) groups is 1. The van der Waals surface area contributed by atoms with Crippen molar-refractivity contribution >= 4 is 17.7 Å². The maximum atomic E-state index is 13.2. The van der Waals surface area contributed by atoms with E-state index in [1.165, 1.54) is 12.1 Å². The lowest BCUT2D eigenvalue weighted by atomic mass is 10.1. The van der Waals surface area contributed by atoms with Crippen molar-refractivity contribution in [2.24, 2.45) is 0 Å². The summed E-state index contributed by atoms with van der Waals surface area (Å²) in [5, 5.41) is 2.29. The van der Waals surface area contributed by atoms with Crippen molar-refractivity contribution in [1.29, 1.82) is 0 Å². The lowest BCUT2D eigenvalue weighted by Crippen LogP contribution is -2.26. The first-order valence-electron chi connectivity index (χ1n) is 5.04. The second kappa shape index (κ2) is 6.08. The molecule has 0 fully saturated rings. The van der Waals surface area contributed by atoms with Crippen LogP contribution in [0.3, 0.4) is 0 Å². The highest BCUT2D eigenvalue weighted by atomic mass is 32.2. The molecule has 1 aromatic carbocycles. The first kappa shape index (κ1) is 14.8. The van der Waals surface area contributed by atoms with Crippen molar-refractivity contribution in [3.63, 3.8) is 0 Å². The molecule has 1 rings (SSSR count). The fourth-order valence-corrected chi connectivity index (χ4v) is 1.60. The lowest BCUT2D eigenvalue weighted by Gasteiger charge is -2.07. The number of hydrogen-bond donors (Lipinski definition) is 1. The van der Waals surface area contributed by atoms with Crippen LogP contribution >= 0.6 is 11.8 Å². The summed E-state index contributed by atoms with van der Waals surface area (Å²) in [4.78, 5) is 11.5. The minimum atomic E-state index is -4.30. The molecule has 0 saturated carbocycles. The number of amides is 1. The summed E-state index contributed by atoms with van der Waals surface area (Å²) in [6, 6.07) is 3.92. The van der Waals surface area contributed by atoms with Gasteiger partial charge in [0.05, 0.1) is 0 Å². The number of benzene rings is 1. The number of rotatable bonds is 4. The van der Waals surface area contributed by atoms with Crippen molar-refractivity contribution in [2.45, 2.75) is 12.4 Å². The van der Waals surface area contributed by atoms with Gasteiger partial charge in [0, 0.05) is 17.9 Å². The fraction of sp³-hybridized carbons (Fsp3) is 0.364. The molecule has 0 radical (unpaired) electrons. The van der Waals surface area contributed by atoms with E-state index in [-0.39, 0.29) is 29.6 Å². The molecular weight excluding hydrogens is 270 g/mol. The third-order valence-corrected chi connectivity index (χ3v) is 2.82. The molecule has 0 aliphatic heterocycles. The van der Waals surface area contributed by atoms with Crippen LogP contribution in [-0.4, -0.2) is 23.7 Å². The Morgan fingerprint density at radius 2 is 2.06 bits per heavy atom. The highest BCUT2D eigenvalue weighted by Gasteiger charge is 2.27. The van der Waals surface area contributed by atoms with Gasteiger partial charge >= 0.3 is 5.51 Å². The molecule has 2 nitrogen and oxygen atoms in total. The summed E-state index contributed by atoms with van der Waals surface area (Å²) in [5.41, 5.74) is -3.81. The van der Waals surface area contributed by atoms with Gasteiger partial charge in [0.1, 0.15) is 5.82 Å². The van der Waals surface area contributed by atoms with Gasteiger partial charge in [0.2, 0.25) is 0 Å². The van der Waals surface area contributed by atoms with Crippen LogP contribution in [0.2, 0.25) is 0 Å². The summed E-state index contributed by atoms with van der Waals surface area (Å²) in [6.07, 6.45) is 0. The average molecular weight is 281 g/mol. The second-order valence-corrected chi connectivity index (χ2v) is 4.67. The number of nitrogens with one attached hydrogen (secondary N) is 1. The monoisotopic (exact) mass is 281 g/mol. The first-order chi connectivity index (χ1) is 8.29. The Kier molecular flexibility index (Phi) is 5.01. The van der Waals surface area contributed by atoms with Crippen LogP contribution in [0.1, 0.15) is 15.9 Å². The maximum Gasteiger partial charge on any atom is 0.441 e. The predicted octanol–water partition coefficient (Wildman–Crippen LogP) is 3.12. The van der Waals surface area contributed by atoms with Gasteiger partial charge in [-0.05, 0) is 36.4 Å². The van der Waals surface area contributed by atoms with E-state index >= 15 is 0 Å². The van der Waals surface area contributed by atoms with E-state index in [0.29, 0.717) is 5.56 Å². The third-order valence-electron chi connectivity index (χ3n) is 2.09. The zero-order valence-corrected chi connectivity index (χ0v) is 10.3. The molecule has 0 aliphatic carbocycles. The van der Waals surface area contributed by atoms with Gasteiger partial charge in [-0.2, -0.15) is 13.2 Å². The van der Waals surface area contributed by atoms with Gasteiger partial charge in [-0.25, -0.2) is 4.39 Å². The van der Waals surface area contributed by atoms with Crippen LogP contribution in [0.25, 0.3) is 0 Å². The van der Waals surface area contributed by atoms with E-state index in [1.807, 2.05) is 0 Å². The van der Waals surface area contributed by atoms with Crippen LogP contribution in [0.4, 0.5) is 17.6 Å². The lowest BCUT2D eigenvalue weighted by molar-refractivity contribution is -0.0327. The standard InChI is InChI=1S/C11H11F4NOS/c1-7-2-3-8(6-9(7)12)10(17)16-4-5-18-11(13,14)15/h2-3,6H,4-5H2,1H3,(H,16,17). The Morgan fingerprint density at radius 1 is 1.39 bits per heavy atom.